The highest BCUT2D eigenvalue weighted by Gasteiger charge is 2.05. The summed E-state index contributed by atoms with van der Waals surface area (Å²) in [7, 11) is 0. The molecule has 0 saturated carbocycles. The van der Waals surface area contributed by atoms with Gasteiger partial charge in [-0.3, -0.25) is 0 Å². The predicted octanol–water partition coefficient (Wildman–Crippen LogP) is 1.87. The molecule has 2 rings (SSSR count). The lowest BCUT2D eigenvalue weighted by Crippen LogP contribution is -2.01. The second-order valence-corrected chi connectivity index (χ2v) is 2.15. The Bertz CT molecular complexity index is 308. The van der Waals surface area contributed by atoms with E-state index in [2.05, 4.69) is 20.7 Å². The standard InChI is InChI=1S/C6H4N5O/c12-11-3-1-5(2-4-11)6-7-9-10-8-6/h1-4H/q-1. The Balaban J connectivity index is 2.32. The minimum absolute atomic E-state index is 0.426. The zero-order chi connectivity index (χ0) is 8.39. The Hall–Kier alpha value is -1.82. The zero-order valence-electron chi connectivity index (χ0n) is 5.95. The maximum Gasteiger partial charge on any atom is 0.207 e. The van der Waals surface area contributed by atoms with Crippen LogP contribution in [0.5, 0.6) is 0 Å². The van der Waals surface area contributed by atoms with Gasteiger partial charge in [-0.2, -0.15) is 0 Å². The molecule has 0 aromatic heterocycles. The van der Waals surface area contributed by atoms with Crippen LogP contribution in [0.2, 0.25) is 0 Å². The number of hydrogen-bond acceptors (Lipinski definition) is 6. The van der Waals surface area contributed by atoms with Gasteiger partial charge >= 0.3 is 0 Å². The first-order valence-electron chi connectivity index (χ1n) is 3.24. The fourth-order valence-electron chi connectivity index (χ4n) is 0.822. The zero-order valence-corrected chi connectivity index (χ0v) is 5.95. The van der Waals surface area contributed by atoms with Gasteiger partial charge in [0.1, 0.15) is 0 Å². The topological polar surface area (TPSA) is 75.7 Å². The Morgan fingerprint density at radius 1 is 1.08 bits per heavy atom. The van der Waals surface area contributed by atoms with E-state index in [4.69, 9.17) is 0 Å². The smallest absolute Gasteiger partial charge is 0.207 e. The van der Waals surface area contributed by atoms with E-state index in [1.165, 1.54) is 12.4 Å². The summed E-state index contributed by atoms with van der Waals surface area (Å²) in [5.41, 5.74) is 0.729. The molecule has 0 radical (unpaired) electrons. The molecule has 0 aromatic rings. The predicted molar refractivity (Wildman–Crippen MR) is 40.2 cm³/mol. The molecule has 0 bridgehead atoms. The molecule has 0 aromatic carbocycles. The largest absolute Gasteiger partial charge is 0.755 e. The molecule has 0 N–H and O–H groups in total. The van der Waals surface area contributed by atoms with Crippen molar-refractivity contribution in [2.45, 2.75) is 0 Å². The van der Waals surface area contributed by atoms with E-state index in [1.807, 2.05) is 0 Å². The first kappa shape index (κ1) is 6.86. The quantitative estimate of drug-likeness (QED) is 0.545. The van der Waals surface area contributed by atoms with Crippen LogP contribution in [0.1, 0.15) is 0 Å². The lowest BCUT2D eigenvalue weighted by molar-refractivity contribution is 0.690. The van der Waals surface area contributed by atoms with Gasteiger partial charge in [-0.25, -0.2) is 0 Å². The van der Waals surface area contributed by atoms with Crippen molar-refractivity contribution in [1.82, 2.24) is 5.06 Å². The van der Waals surface area contributed by atoms with Crippen molar-refractivity contribution in [3.05, 3.63) is 41.2 Å². The molecule has 6 heteroatoms. The van der Waals surface area contributed by atoms with Crippen LogP contribution in [0.4, 0.5) is 0 Å². The van der Waals surface area contributed by atoms with Gasteiger partial charge in [-0.05, 0) is 35.0 Å². The molecule has 60 valence electrons. The van der Waals surface area contributed by atoms with Crippen LogP contribution < -0.4 is 0 Å². The molecular formula is C6H4N5O-. The molecular weight excluding hydrogens is 158 g/mol. The molecule has 0 saturated heterocycles. The van der Waals surface area contributed by atoms with Crippen molar-refractivity contribution < 1.29 is 0 Å². The molecule has 0 amide bonds. The lowest BCUT2D eigenvalue weighted by Gasteiger charge is -2.23. The molecule has 0 atom stereocenters. The number of allylic oxidation sites excluding steroid dienone is 3. The van der Waals surface area contributed by atoms with E-state index >= 15 is 0 Å². The van der Waals surface area contributed by atoms with Crippen molar-refractivity contribution in [1.29, 1.82) is 0 Å². The molecule has 2 aliphatic rings. The summed E-state index contributed by atoms with van der Waals surface area (Å²) >= 11 is 0. The fourth-order valence-corrected chi connectivity index (χ4v) is 0.822. The molecule has 0 fully saturated rings. The van der Waals surface area contributed by atoms with E-state index in [-0.39, 0.29) is 0 Å². The van der Waals surface area contributed by atoms with Crippen LogP contribution in [-0.2, 0) is 0 Å². The maximum absolute atomic E-state index is 10.6. The van der Waals surface area contributed by atoms with Crippen LogP contribution >= 0.6 is 0 Å². The normalized spacial score (nSPS) is 19.9. The summed E-state index contributed by atoms with van der Waals surface area (Å²) < 4.78 is 0. The third-order valence-electron chi connectivity index (χ3n) is 1.38. The Morgan fingerprint density at radius 3 is 2.25 bits per heavy atom. The van der Waals surface area contributed by atoms with Gasteiger partial charge in [-0.1, -0.05) is 0 Å². The molecule has 0 unspecified atom stereocenters. The van der Waals surface area contributed by atoms with Crippen LogP contribution in [0.15, 0.2) is 56.6 Å². The third kappa shape index (κ3) is 1.15. The average molecular weight is 162 g/mol. The Kier molecular flexibility index (Phi) is 1.52. The highest BCUT2D eigenvalue weighted by Crippen LogP contribution is 2.19. The van der Waals surface area contributed by atoms with Crippen molar-refractivity contribution in [3.63, 3.8) is 0 Å². The molecule has 6 nitrogen and oxygen atoms in total. The van der Waals surface area contributed by atoms with Crippen LogP contribution in [0.3, 0.4) is 0 Å². The third-order valence-corrected chi connectivity index (χ3v) is 1.38. The SMILES string of the molecule is [O-]N1C=CC(=C2N=NN=N2)C=C1. The van der Waals surface area contributed by atoms with Gasteiger partial charge in [0.05, 0.1) is 0 Å². The molecule has 12 heavy (non-hydrogen) atoms. The maximum atomic E-state index is 10.6. The Morgan fingerprint density at radius 2 is 1.67 bits per heavy atom. The molecule has 2 aliphatic heterocycles. The summed E-state index contributed by atoms with van der Waals surface area (Å²) in [6.07, 6.45) is 5.94. The highest BCUT2D eigenvalue weighted by atomic mass is 16.5. The lowest BCUT2D eigenvalue weighted by atomic mass is 10.2. The van der Waals surface area contributed by atoms with Crippen molar-refractivity contribution in [2.75, 3.05) is 0 Å². The monoisotopic (exact) mass is 162 g/mol. The van der Waals surface area contributed by atoms with Gasteiger partial charge in [-0.15, -0.1) is 10.2 Å². The minimum Gasteiger partial charge on any atom is -0.755 e. The minimum atomic E-state index is 0.426. The van der Waals surface area contributed by atoms with Gasteiger partial charge in [0, 0.05) is 5.57 Å². The van der Waals surface area contributed by atoms with Gasteiger partial charge in [0.2, 0.25) is 5.82 Å². The Labute approximate surface area is 67.9 Å². The van der Waals surface area contributed by atoms with E-state index < -0.39 is 0 Å². The van der Waals surface area contributed by atoms with Crippen LogP contribution in [0, 0.1) is 5.21 Å². The van der Waals surface area contributed by atoms with Crippen molar-refractivity contribution >= 4 is 0 Å². The van der Waals surface area contributed by atoms with Gasteiger partial charge in [0.25, 0.3) is 0 Å². The highest BCUT2D eigenvalue weighted by molar-refractivity contribution is 5.37. The van der Waals surface area contributed by atoms with E-state index in [0.717, 1.165) is 5.57 Å². The van der Waals surface area contributed by atoms with Gasteiger partial charge in [0.15, 0.2) is 0 Å². The number of hydrogen-bond donors (Lipinski definition) is 0. The number of rotatable bonds is 0. The second-order valence-electron chi connectivity index (χ2n) is 2.15. The number of nitrogens with zero attached hydrogens (tertiary/aromatic N) is 5. The summed E-state index contributed by atoms with van der Waals surface area (Å²) in [5.74, 6) is 0.426. The second kappa shape index (κ2) is 2.67. The average Bonchev–Trinajstić information content (AvgIpc) is 2.58. The fraction of sp³-hybridized carbons (Fsp3) is 0. The number of hydroxylamine groups is 2. The summed E-state index contributed by atoms with van der Waals surface area (Å²) in [6.45, 7) is 0. The summed E-state index contributed by atoms with van der Waals surface area (Å²) in [4.78, 5) is 0. The molecule has 2 heterocycles. The summed E-state index contributed by atoms with van der Waals surface area (Å²) in [5, 5.41) is 25.2. The van der Waals surface area contributed by atoms with Gasteiger partial charge < -0.3 is 10.3 Å². The van der Waals surface area contributed by atoms with E-state index in [9.17, 15) is 5.21 Å². The van der Waals surface area contributed by atoms with Crippen LogP contribution in [-0.4, -0.2) is 5.06 Å². The molecule has 0 aliphatic carbocycles. The first-order valence-corrected chi connectivity index (χ1v) is 3.24. The van der Waals surface area contributed by atoms with Crippen LogP contribution in [0.25, 0.3) is 0 Å². The first-order chi connectivity index (χ1) is 5.86. The van der Waals surface area contributed by atoms with Crippen molar-refractivity contribution in [3.8, 4) is 0 Å². The van der Waals surface area contributed by atoms with Crippen molar-refractivity contribution in [2.24, 2.45) is 20.7 Å². The summed E-state index contributed by atoms with van der Waals surface area (Å²) in [6, 6.07) is 0. The van der Waals surface area contributed by atoms with E-state index in [0.29, 0.717) is 10.9 Å². The van der Waals surface area contributed by atoms with E-state index in [1.54, 1.807) is 12.2 Å². The molecule has 0 spiro atoms.